The van der Waals surface area contributed by atoms with Crippen molar-refractivity contribution < 1.29 is 33.3 Å². The number of carbonyl (C=O) groups excluding carboxylic acids is 3. The van der Waals surface area contributed by atoms with Crippen LogP contribution in [0.5, 0.6) is 11.5 Å². The molecule has 0 aromatic heterocycles. The largest absolute Gasteiger partial charge is 0.490 e. The second kappa shape index (κ2) is 11.3. The summed E-state index contributed by atoms with van der Waals surface area (Å²) < 4.78 is 20.4. The Morgan fingerprint density at radius 3 is 2.17 bits per heavy atom. The van der Waals surface area contributed by atoms with Crippen LogP contribution in [-0.4, -0.2) is 45.3 Å². The van der Waals surface area contributed by atoms with E-state index in [1.807, 2.05) is 18.2 Å². The first kappa shape index (κ1) is 22.5. The number of hydrogen-bond donors (Lipinski definition) is 1. The lowest BCUT2D eigenvalue weighted by Gasteiger charge is -2.13. The molecule has 0 saturated carbocycles. The number of methoxy groups -OCH3 is 2. The van der Waals surface area contributed by atoms with Crippen LogP contribution < -0.4 is 14.8 Å². The highest BCUT2D eigenvalue weighted by atomic mass is 16.5. The normalized spacial score (nSPS) is 9.83. The average molecular weight is 413 g/mol. The molecule has 158 valence electrons. The maximum absolute atomic E-state index is 12.1. The van der Waals surface area contributed by atoms with Gasteiger partial charge < -0.3 is 24.3 Å². The molecule has 0 bridgehead atoms. The molecule has 0 aliphatic rings. The van der Waals surface area contributed by atoms with E-state index in [4.69, 9.17) is 9.47 Å². The molecule has 0 unspecified atom stereocenters. The highest BCUT2D eigenvalue weighted by molar-refractivity contribution is 6.17. The summed E-state index contributed by atoms with van der Waals surface area (Å²) >= 11 is 0. The Kier molecular flexibility index (Phi) is 8.43. The number of ether oxygens (including phenoxy) is 4. The predicted octanol–water partition coefficient (Wildman–Crippen LogP) is 2.83. The summed E-state index contributed by atoms with van der Waals surface area (Å²) in [6, 6.07) is 13.8. The van der Waals surface area contributed by atoms with E-state index in [1.165, 1.54) is 20.3 Å². The molecule has 0 fully saturated rings. The van der Waals surface area contributed by atoms with Gasteiger partial charge in [-0.1, -0.05) is 24.3 Å². The molecule has 0 aliphatic heterocycles. The van der Waals surface area contributed by atoms with Gasteiger partial charge in [-0.15, -0.1) is 0 Å². The third-order valence-electron chi connectivity index (χ3n) is 3.81. The average Bonchev–Trinajstić information content (AvgIpc) is 2.76. The van der Waals surface area contributed by atoms with Crippen molar-refractivity contribution in [3.8, 4) is 11.5 Å². The Hall–Kier alpha value is -3.81. The Bertz CT molecular complexity index is 904. The first-order valence-corrected chi connectivity index (χ1v) is 9.11. The lowest BCUT2D eigenvalue weighted by molar-refractivity contribution is -0.143. The second-order valence-corrected chi connectivity index (χ2v) is 5.88. The number of carbonyl (C=O) groups is 3. The maximum atomic E-state index is 12.1. The molecule has 2 aromatic carbocycles. The van der Waals surface area contributed by atoms with E-state index < -0.39 is 11.9 Å². The van der Waals surface area contributed by atoms with Crippen molar-refractivity contribution in [2.75, 3.05) is 32.8 Å². The van der Waals surface area contributed by atoms with E-state index in [9.17, 15) is 14.4 Å². The zero-order valence-corrected chi connectivity index (χ0v) is 17.0. The number of para-hydroxylation sites is 1. The van der Waals surface area contributed by atoms with Crippen molar-refractivity contribution in [3.63, 3.8) is 0 Å². The van der Waals surface area contributed by atoms with Crippen LogP contribution in [0.1, 0.15) is 12.5 Å². The number of hydrogen-bond acceptors (Lipinski definition) is 7. The zero-order valence-electron chi connectivity index (χ0n) is 17.0. The summed E-state index contributed by atoms with van der Waals surface area (Å²) in [5, 5.41) is 2.72. The molecule has 8 heteroatoms. The molecule has 0 radical (unpaired) electrons. The van der Waals surface area contributed by atoms with Gasteiger partial charge in [-0.25, -0.2) is 9.59 Å². The van der Waals surface area contributed by atoms with Gasteiger partial charge in [0.25, 0.3) is 5.91 Å². The smallest absolute Gasteiger partial charge is 0.345 e. The molecule has 0 aliphatic carbocycles. The molecular formula is C22H23NO7. The minimum atomic E-state index is -0.822. The van der Waals surface area contributed by atoms with Crippen LogP contribution in [0.4, 0.5) is 5.69 Å². The number of anilines is 1. The third kappa shape index (κ3) is 6.37. The molecule has 0 heterocycles. The van der Waals surface area contributed by atoms with E-state index in [0.29, 0.717) is 29.4 Å². The Morgan fingerprint density at radius 1 is 0.900 bits per heavy atom. The van der Waals surface area contributed by atoms with Gasteiger partial charge in [0.15, 0.2) is 18.1 Å². The van der Waals surface area contributed by atoms with Crippen LogP contribution >= 0.6 is 0 Å². The van der Waals surface area contributed by atoms with Gasteiger partial charge in [0.2, 0.25) is 0 Å². The third-order valence-corrected chi connectivity index (χ3v) is 3.81. The summed E-state index contributed by atoms with van der Waals surface area (Å²) in [4.78, 5) is 35.8. The number of amides is 1. The molecule has 30 heavy (non-hydrogen) atoms. The Labute approximate surface area is 174 Å². The zero-order chi connectivity index (χ0) is 21.9. The molecule has 0 saturated heterocycles. The van der Waals surface area contributed by atoms with Crippen LogP contribution in [0.3, 0.4) is 0 Å². The van der Waals surface area contributed by atoms with Crippen molar-refractivity contribution in [3.05, 3.63) is 59.7 Å². The van der Waals surface area contributed by atoms with Gasteiger partial charge in [0.05, 0.1) is 20.8 Å². The fraction of sp³-hybridized carbons (Fsp3) is 0.227. The molecule has 1 amide bonds. The minimum absolute atomic E-state index is 0.222. The molecule has 1 N–H and O–H groups in total. The summed E-state index contributed by atoms with van der Waals surface area (Å²) in [6.07, 6.45) is 1.33. The number of benzene rings is 2. The Morgan fingerprint density at radius 2 is 1.57 bits per heavy atom. The molecule has 0 atom stereocenters. The van der Waals surface area contributed by atoms with Crippen molar-refractivity contribution in [1.29, 1.82) is 0 Å². The highest BCUT2D eigenvalue weighted by Crippen LogP contribution is 2.29. The van der Waals surface area contributed by atoms with E-state index in [2.05, 4.69) is 14.8 Å². The predicted molar refractivity (Wildman–Crippen MR) is 110 cm³/mol. The molecule has 8 nitrogen and oxygen atoms in total. The van der Waals surface area contributed by atoms with E-state index >= 15 is 0 Å². The van der Waals surface area contributed by atoms with Gasteiger partial charge in [-0.2, -0.15) is 0 Å². The van der Waals surface area contributed by atoms with E-state index in [-0.39, 0.29) is 18.1 Å². The maximum Gasteiger partial charge on any atom is 0.345 e. The Balaban J connectivity index is 2.17. The molecule has 0 spiro atoms. The van der Waals surface area contributed by atoms with Crippen LogP contribution in [0.2, 0.25) is 0 Å². The van der Waals surface area contributed by atoms with Gasteiger partial charge in [0, 0.05) is 5.69 Å². The summed E-state index contributed by atoms with van der Waals surface area (Å²) in [6.45, 7) is 1.92. The quantitative estimate of drug-likeness (QED) is 0.292. The van der Waals surface area contributed by atoms with Crippen molar-refractivity contribution in [2.45, 2.75) is 6.92 Å². The first-order chi connectivity index (χ1) is 14.5. The summed E-state index contributed by atoms with van der Waals surface area (Å²) in [5.41, 5.74) is 0.887. The number of rotatable bonds is 9. The lowest BCUT2D eigenvalue weighted by Crippen LogP contribution is -2.20. The highest BCUT2D eigenvalue weighted by Gasteiger charge is 2.20. The van der Waals surface area contributed by atoms with Crippen LogP contribution in [0.15, 0.2) is 54.1 Å². The van der Waals surface area contributed by atoms with Crippen LogP contribution in [-0.2, 0) is 23.9 Å². The SMILES string of the molecule is CCOc1cc(C=C(C(=O)OC)C(=O)OC)ccc1OCC(=O)Nc1ccccc1. The van der Waals surface area contributed by atoms with E-state index in [0.717, 1.165) is 0 Å². The van der Waals surface area contributed by atoms with Gasteiger partial charge in [0.1, 0.15) is 5.57 Å². The molecular weight excluding hydrogens is 390 g/mol. The molecule has 2 rings (SSSR count). The topological polar surface area (TPSA) is 100 Å². The minimum Gasteiger partial charge on any atom is -0.490 e. The monoisotopic (exact) mass is 413 g/mol. The van der Waals surface area contributed by atoms with Crippen LogP contribution in [0, 0.1) is 0 Å². The van der Waals surface area contributed by atoms with Gasteiger partial charge in [-0.05, 0) is 42.8 Å². The number of esters is 2. The second-order valence-electron chi connectivity index (χ2n) is 5.88. The van der Waals surface area contributed by atoms with Crippen molar-refractivity contribution in [2.24, 2.45) is 0 Å². The van der Waals surface area contributed by atoms with Gasteiger partial charge in [-0.3, -0.25) is 4.79 Å². The summed E-state index contributed by atoms with van der Waals surface area (Å²) in [5.74, 6) is -1.27. The van der Waals surface area contributed by atoms with E-state index in [1.54, 1.807) is 37.3 Å². The molecule has 2 aromatic rings. The first-order valence-electron chi connectivity index (χ1n) is 9.11. The fourth-order valence-electron chi connectivity index (χ4n) is 2.45. The lowest BCUT2D eigenvalue weighted by atomic mass is 10.1. The number of nitrogens with one attached hydrogen (secondary N) is 1. The van der Waals surface area contributed by atoms with Crippen LogP contribution in [0.25, 0.3) is 6.08 Å². The summed E-state index contributed by atoms with van der Waals surface area (Å²) in [7, 11) is 2.34. The van der Waals surface area contributed by atoms with Crippen molar-refractivity contribution >= 4 is 29.6 Å². The fourth-order valence-corrected chi connectivity index (χ4v) is 2.45. The van der Waals surface area contributed by atoms with Gasteiger partial charge >= 0.3 is 11.9 Å². The standard InChI is InChI=1S/C22H23NO7/c1-4-29-19-13-15(12-17(21(25)27-2)22(26)28-3)10-11-18(19)30-14-20(24)23-16-8-6-5-7-9-16/h5-13H,4,14H2,1-3H3,(H,23,24). The van der Waals surface area contributed by atoms with Crippen molar-refractivity contribution in [1.82, 2.24) is 0 Å².